The lowest BCUT2D eigenvalue weighted by molar-refractivity contribution is -0.978. The van der Waals surface area contributed by atoms with E-state index in [1.54, 1.807) is 12.1 Å². The molecule has 1 unspecified atom stereocenters. The van der Waals surface area contributed by atoms with Crippen LogP contribution in [-0.2, 0) is 9.47 Å². The number of non-ortho nitro benzene ring substituents is 1. The molecule has 3 fully saturated rings. The van der Waals surface area contributed by atoms with Gasteiger partial charge < -0.3 is 9.47 Å². The second kappa shape index (κ2) is 4.50. The van der Waals surface area contributed by atoms with Crippen LogP contribution >= 0.6 is 0 Å². The van der Waals surface area contributed by atoms with Crippen molar-refractivity contribution >= 4 is 5.69 Å². The van der Waals surface area contributed by atoms with E-state index in [1.165, 1.54) is 0 Å². The van der Waals surface area contributed by atoms with Gasteiger partial charge in [-0.1, -0.05) is 0 Å². The van der Waals surface area contributed by atoms with Crippen LogP contribution in [0.4, 0.5) is 5.69 Å². The molecule has 0 N–H and O–H groups in total. The Kier molecular flexibility index (Phi) is 2.82. The van der Waals surface area contributed by atoms with E-state index in [1.807, 2.05) is 12.1 Å². The first-order valence-electron chi connectivity index (χ1n) is 7.47. The van der Waals surface area contributed by atoms with Crippen LogP contribution in [0.1, 0.15) is 30.9 Å². The molecule has 0 amide bonds. The molecule has 0 bridgehead atoms. The molecule has 1 aromatic carbocycles. The number of rotatable bonds is 2. The van der Waals surface area contributed by atoms with Crippen molar-refractivity contribution < 1.29 is 18.9 Å². The number of likely N-dealkylation sites (N-methyl/N-ethyl adjacent to an activating group) is 1. The van der Waals surface area contributed by atoms with Crippen molar-refractivity contribution in [3.05, 3.63) is 39.9 Å². The second-order valence-corrected chi connectivity index (χ2v) is 6.37. The van der Waals surface area contributed by atoms with Crippen molar-refractivity contribution in [2.45, 2.75) is 43.9 Å². The Balaban J connectivity index is 1.66. The molecule has 6 heteroatoms. The summed E-state index contributed by atoms with van der Waals surface area (Å²) in [7, 11) is 2.23. The summed E-state index contributed by atoms with van der Waals surface area (Å²) in [5.74, 6) is 0. The van der Waals surface area contributed by atoms with Gasteiger partial charge in [0.15, 0.2) is 12.5 Å². The molecule has 21 heavy (non-hydrogen) atoms. The van der Waals surface area contributed by atoms with Gasteiger partial charge in [-0.05, 0) is 24.1 Å². The van der Waals surface area contributed by atoms with E-state index >= 15 is 0 Å². The predicted molar refractivity (Wildman–Crippen MR) is 74.3 cm³/mol. The zero-order valence-electron chi connectivity index (χ0n) is 12.0. The molecule has 112 valence electrons. The van der Waals surface area contributed by atoms with Crippen molar-refractivity contribution in [3.8, 4) is 0 Å². The minimum atomic E-state index is -0.370. The van der Waals surface area contributed by atoms with Crippen molar-refractivity contribution in [2.24, 2.45) is 0 Å². The molecule has 3 aliphatic rings. The van der Waals surface area contributed by atoms with Gasteiger partial charge in [0.1, 0.15) is 18.8 Å². The van der Waals surface area contributed by atoms with E-state index in [-0.39, 0.29) is 29.2 Å². The predicted octanol–water partition coefficient (Wildman–Crippen LogP) is 2.35. The smallest absolute Gasteiger partial charge is 0.269 e. The molecule has 0 spiro atoms. The van der Waals surface area contributed by atoms with Crippen LogP contribution in [-0.4, -0.2) is 41.6 Å². The average Bonchev–Trinajstić information content (AvgIpc) is 2.98. The van der Waals surface area contributed by atoms with E-state index in [0.29, 0.717) is 12.6 Å². The highest BCUT2D eigenvalue weighted by Gasteiger charge is 2.63. The van der Waals surface area contributed by atoms with E-state index < -0.39 is 0 Å². The van der Waals surface area contributed by atoms with Gasteiger partial charge in [0.2, 0.25) is 0 Å². The van der Waals surface area contributed by atoms with Gasteiger partial charge in [-0.3, -0.25) is 14.6 Å². The molecular weight excluding hydrogens is 272 g/mol. The van der Waals surface area contributed by atoms with Crippen LogP contribution in [0.2, 0.25) is 0 Å². The van der Waals surface area contributed by atoms with Crippen LogP contribution < -0.4 is 0 Å². The second-order valence-electron chi connectivity index (χ2n) is 6.37. The molecule has 6 nitrogen and oxygen atoms in total. The highest BCUT2D eigenvalue weighted by Crippen LogP contribution is 2.50. The standard InChI is InChI=1S/C15H19N2O4/c1-17-12-9-20-13(17)3-2-4-14(17)21-15(12)10-5-7-11(8-6-10)16(18)19/h5-8,12-15H,2-4,9H2,1H3/q+1/t12-,13+,14-,15-,17?/m0/s1. The van der Waals surface area contributed by atoms with Crippen LogP contribution in [0, 0.1) is 10.1 Å². The third-order valence-corrected chi connectivity index (χ3v) is 5.40. The van der Waals surface area contributed by atoms with Gasteiger partial charge in [0.25, 0.3) is 5.69 Å². The molecule has 3 heterocycles. The van der Waals surface area contributed by atoms with Crippen LogP contribution in [0.3, 0.4) is 0 Å². The zero-order valence-corrected chi connectivity index (χ0v) is 12.0. The summed E-state index contributed by atoms with van der Waals surface area (Å²) < 4.78 is 13.2. The fourth-order valence-corrected chi connectivity index (χ4v) is 4.17. The maximum Gasteiger partial charge on any atom is 0.269 e. The minimum absolute atomic E-state index is 0.0242. The molecule has 3 aliphatic heterocycles. The summed E-state index contributed by atoms with van der Waals surface area (Å²) in [5.41, 5.74) is 1.14. The first kappa shape index (κ1) is 13.2. The summed E-state index contributed by atoms with van der Waals surface area (Å²) >= 11 is 0. The van der Waals surface area contributed by atoms with E-state index in [2.05, 4.69) is 7.05 Å². The highest BCUT2D eigenvalue weighted by atomic mass is 16.6. The first-order chi connectivity index (χ1) is 10.1. The average molecular weight is 291 g/mol. The quantitative estimate of drug-likeness (QED) is 0.477. The number of benzene rings is 1. The highest BCUT2D eigenvalue weighted by molar-refractivity contribution is 5.34. The molecule has 0 radical (unpaired) electrons. The Morgan fingerprint density at radius 2 is 1.95 bits per heavy atom. The lowest BCUT2D eigenvalue weighted by Gasteiger charge is -2.41. The fraction of sp³-hybridized carbons (Fsp3) is 0.600. The number of nitrogens with zero attached hydrogens (tertiary/aromatic N) is 2. The Hall–Kier alpha value is -1.50. The molecule has 1 aromatic rings. The summed E-state index contributed by atoms with van der Waals surface area (Å²) in [6, 6.07) is 7.05. The van der Waals surface area contributed by atoms with Crippen molar-refractivity contribution in [1.29, 1.82) is 0 Å². The lowest BCUT2D eigenvalue weighted by atomic mass is 9.99. The normalized spacial score (nSPS) is 41.0. The topological polar surface area (TPSA) is 61.6 Å². The largest absolute Gasteiger partial charge is 0.323 e. The summed E-state index contributed by atoms with van der Waals surface area (Å²) in [5, 5.41) is 10.8. The van der Waals surface area contributed by atoms with Crippen LogP contribution in [0.5, 0.6) is 0 Å². The number of quaternary nitrogens is 1. The van der Waals surface area contributed by atoms with E-state index in [0.717, 1.165) is 29.3 Å². The zero-order chi connectivity index (χ0) is 14.6. The molecule has 5 atom stereocenters. The number of hydrogen-bond donors (Lipinski definition) is 0. The monoisotopic (exact) mass is 291 g/mol. The van der Waals surface area contributed by atoms with Crippen molar-refractivity contribution in [2.75, 3.05) is 13.7 Å². The third-order valence-electron chi connectivity index (χ3n) is 5.40. The summed E-state index contributed by atoms with van der Waals surface area (Å²) in [4.78, 5) is 10.4. The third kappa shape index (κ3) is 1.76. The maximum absolute atomic E-state index is 10.8. The maximum atomic E-state index is 10.8. The first-order valence-corrected chi connectivity index (χ1v) is 7.47. The van der Waals surface area contributed by atoms with Gasteiger partial charge in [-0.15, -0.1) is 0 Å². The number of nitro benzene ring substituents is 1. The molecule has 0 saturated carbocycles. The Bertz CT molecular complexity index is 576. The molecule has 4 rings (SSSR count). The fourth-order valence-electron chi connectivity index (χ4n) is 4.17. The van der Waals surface area contributed by atoms with Gasteiger partial charge in [-0.25, -0.2) is 0 Å². The lowest BCUT2D eigenvalue weighted by Crippen LogP contribution is -2.58. The number of ether oxygens (including phenoxy) is 2. The minimum Gasteiger partial charge on any atom is -0.323 e. The Morgan fingerprint density at radius 3 is 2.67 bits per heavy atom. The van der Waals surface area contributed by atoms with Crippen molar-refractivity contribution in [3.63, 3.8) is 0 Å². The molecule has 0 aromatic heterocycles. The summed E-state index contributed by atoms with van der Waals surface area (Å²) in [6.45, 7) is 0.708. The molecule has 3 saturated heterocycles. The SMILES string of the molecule is C[N+]12[C@@H]3CCC[C@H]1OC[C@H]2[C@H](c1ccc([N+](=O)[O-])cc1)O3. The van der Waals surface area contributed by atoms with Gasteiger partial charge in [0.05, 0.1) is 12.0 Å². The summed E-state index contributed by atoms with van der Waals surface area (Å²) in [6.07, 6.45) is 3.72. The number of piperidine rings is 1. The number of nitro groups is 1. The number of hydrogen-bond acceptors (Lipinski definition) is 4. The van der Waals surface area contributed by atoms with Gasteiger partial charge in [0, 0.05) is 25.0 Å². The Morgan fingerprint density at radius 1 is 1.24 bits per heavy atom. The Labute approximate surface area is 123 Å². The van der Waals surface area contributed by atoms with Gasteiger partial charge in [-0.2, -0.15) is 0 Å². The van der Waals surface area contributed by atoms with E-state index in [9.17, 15) is 10.1 Å². The van der Waals surface area contributed by atoms with E-state index in [4.69, 9.17) is 9.47 Å². The molecule has 0 aliphatic carbocycles. The van der Waals surface area contributed by atoms with Crippen molar-refractivity contribution in [1.82, 2.24) is 0 Å². The molecular formula is C15H19N2O4+. The van der Waals surface area contributed by atoms with Gasteiger partial charge >= 0.3 is 0 Å². The van der Waals surface area contributed by atoms with Crippen LogP contribution in [0.15, 0.2) is 24.3 Å². The van der Waals surface area contributed by atoms with Crippen LogP contribution in [0.25, 0.3) is 0 Å².